The molecule has 21 heavy (non-hydrogen) atoms. The van der Waals surface area contributed by atoms with E-state index in [9.17, 15) is 13.2 Å². The molecule has 0 aromatic carbocycles. The highest BCUT2D eigenvalue weighted by atomic mass is 32.2. The van der Waals surface area contributed by atoms with E-state index < -0.39 is 22.0 Å². The van der Waals surface area contributed by atoms with Crippen LogP contribution in [-0.4, -0.2) is 51.1 Å². The molecule has 1 aromatic heterocycles. The van der Waals surface area contributed by atoms with Gasteiger partial charge in [-0.3, -0.25) is 4.79 Å². The van der Waals surface area contributed by atoms with Crippen LogP contribution in [0.25, 0.3) is 0 Å². The van der Waals surface area contributed by atoms with E-state index in [2.05, 4.69) is 0 Å². The second-order valence-corrected chi connectivity index (χ2v) is 7.51. The Balaban J connectivity index is 2.19. The van der Waals surface area contributed by atoms with E-state index in [0.717, 1.165) is 5.56 Å². The van der Waals surface area contributed by atoms with Crippen molar-refractivity contribution in [2.45, 2.75) is 31.2 Å². The summed E-state index contributed by atoms with van der Waals surface area (Å²) in [6, 6.07) is 0.973. The molecule has 0 spiro atoms. The number of rotatable bonds is 6. The number of carbonyl (C=O) groups excluding carboxylic acids is 1. The van der Waals surface area contributed by atoms with Crippen LogP contribution in [0.1, 0.15) is 18.9 Å². The molecule has 1 aliphatic rings. The summed E-state index contributed by atoms with van der Waals surface area (Å²) in [5, 5.41) is 3.62. The Labute approximate surface area is 128 Å². The Hall–Kier alpha value is -0.960. The minimum atomic E-state index is -3.58. The summed E-state index contributed by atoms with van der Waals surface area (Å²) in [4.78, 5) is 11.8. The maximum Gasteiger partial charge on any atom is 0.324 e. The summed E-state index contributed by atoms with van der Waals surface area (Å²) in [5.41, 5.74) is 0.725. The van der Waals surface area contributed by atoms with Crippen molar-refractivity contribution in [1.29, 1.82) is 0 Å². The van der Waals surface area contributed by atoms with Gasteiger partial charge in [-0.1, -0.05) is 0 Å². The van der Waals surface area contributed by atoms with Crippen molar-refractivity contribution in [2.24, 2.45) is 0 Å². The number of sulfonamides is 1. The van der Waals surface area contributed by atoms with Crippen LogP contribution in [0.3, 0.4) is 0 Å². The molecule has 0 unspecified atom stereocenters. The van der Waals surface area contributed by atoms with Gasteiger partial charge in [0.25, 0.3) is 0 Å². The lowest BCUT2D eigenvalue weighted by Crippen LogP contribution is -2.41. The Morgan fingerprint density at radius 2 is 2.29 bits per heavy atom. The monoisotopic (exact) mass is 333 g/mol. The van der Waals surface area contributed by atoms with E-state index in [1.807, 2.05) is 12.3 Å². The lowest BCUT2D eigenvalue weighted by Gasteiger charge is -2.21. The van der Waals surface area contributed by atoms with E-state index >= 15 is 0 Å². The molecule has 8 heteroatoms. The van der Waals surface area contributed by atoms with Crippen LogP contribution in [0.4, 0.5) is 0 Å². The molecule has 2 atom stereocenters. The number of nitrogens with zero attached hydrogens (tertiary/aromatic N) is 1. The van der Waals surface area contributed by atoms with Gasteiger partial charge in [-0.25, -0.2) is 8.42 Å². The fourth-order valence-electron chi connectivity index (χ4n) is 2.45. The first-order chi connectivity index (χ1) is 9.97. The second kappa shape index (κ2) is 6.87. The third kappa shape index (κ3) is 3.82. The van der Waals surface area contributed by atoms with Gasteiger partial charge >= 0.3 is 5.97 Å². The van der Waals surface area contributed by atoms with Crippen molar-refractivity contribution in [2.75, 3.05) is 20.3 Å². The topological polar surface area (TPSA) is 72.9 Å². The zero-order valence-corrected chi connectivity index (χ0v) is 13.7. The van der Waals surface area contributed by atoms with Crippen LogP contribution < -0.4 is 0 Å². The summed E-state index contributed by atoms with van der Waals surface area (Å²) < 4.78 is 36.5. The van der Waals surface area contributed by atoms with E-state index in [0.29, 0.717) is 13.0 Å². The molecular formula is C13H19NO5S2. The first-order valence-corrected chi connectivity index (χ1v) is 9.23. The van der Waals surface area contributed by atoms with Gasteiger partial charge in [-0.15, -0.1) is 0 Å². The van der Waals surface area contributed by atoms with Crippen LogP contribution in [0, 0.1) is 0 Å². The molecule has 2 rings (SSSR count). The van der Waals surface area contributed by atoms with Crippen LogP contribution in [0.15, 0.2) is 16.8 Å². The molecule has 2 heterocycles. The summed E-state index contributed by atoms with van der Waals surface area (Å²) >= 11 is 1.44. The molecule has 0 N–H and O–H groups in total. The number of methoxy groups -OCH3 is 1. The number of carbonyl (C=O) groups is 1. The average Bonchev–Trinajstić information content (AvgIpc) is 3.07. The Bertz CT molecular complexity index is 569. The molecule has 0 amide bonds. The fourth-order valence-corrected chi connectivity index (χ4v) is 4.95. The summed E-state index contributed by atoms with van der Waals surface area (Å²) in [7, 11) is -2.32. The van der Waals surface area contributed by atoms with Gasteiger partial charge in [-0.2, -0.15) is 15.6 Å². The van der Waals surface area contributed by atoms with Crippen molar-refractivity contribution in [3.05, 3.63) is 22.4 Å². The number of hydrogen-bond acceptors (Lipinski definition) is 6. The standard InChI is InChI=1S/C13H19NO5S2/c1-3-19-11-6-12(13(15)18-2)14(7-11)21(16,17)9-10-4-5-20-8-10/h4-5,8,11-12H,3,6-7,9H2,1-2H3/t11-,12+/m1/s1. The zero-order chi connectivity index (χ0) is 15.5. The van der Waals surface area contributed by atoms with Gasteiger partial charge in [-0.05, 0) is 29.3 Å². The molecule has 1 fully saturated rings. The fraction of sp³-hybridized carbons (Fsp3) is 0.615. The minimum Gasteiger partial charge on any atom is -0.468 e. The number of ether oxygens (including phenoxy) is 2. The summed E-state index contributed by atoms with van der Waals surface area (Å²) in [5.74, 6) is -0.644. The van der Waals surface area contributed by atoms with Crippen LogP contribution in [-0.2, 0) is 30.0 Å². The molecule has 0 bridgehead atoms. The van der Waals surface area contributed by atoms with E-state index in [1.165, 1.54) is 22.8 Å². The highest BCUT2D eigenvalue weighted by Gasteiger charge is 2.44. The predicted octanol–water partition coefficient (Wildman–Crippen LogP) is 1.23. The number of hydrogen-bond donors (Lipinski definition) is 0. The van der Waals surface area contributed by atoms with Crippen molar-refractivity contribution >= 4 is 27.3 Å². The van der Waals surface area contributed by atoms with Crippen molar-refractivity contribution in [3.8, 4) is 0 Å². The number of thiophene rings is 1. The zero-order valence-electron chi connectivity index (χ0n) is 12.0. The lowest BCUT2D eigenvalue weighted by molar-refractivity contribution is -0.144. The first kappa shape index (κ1) is 16.4. The first-order valence-electron chi connectivity index (χ1n) is 6.68. The molecule has 1 saturated heterocycles. The van der Waals surface area contributed by atoms with Gasteiger partial charge in [0.05, 0.1) is 19.0 Å². The van der Waals surface area contributed by atoms with E-state index in [-0.39, 0.29) is 18.4 Å². The van der Waals surface area contributed by atoms with Gasteiger partial charge in [0.2, 0.25) is 10.0 Å². The Kier molecular flexibility index (Phi) is 5.37. The molecule has 118 valence electrons. The molecule has 1 aromatic rings. The van der Waals surface area contributed by atoms with Crippen molar-refractivity contribution < 1.29 is 22.7 Å². The Morgan fingerprint density at radius 3 is 2.86 bits per heavy atom. The third-order valence-corrected chi connectivity index (χ3v) is 5.93. The van der Waals surface area contributed by atoms with E-state index in [4.69, 9.17) is 9.47 Å². The largest absolute Gasteiger partial charge is 0.468 e. The Morgan fingerprint density at radius 1 is 1.52 bits per heavy atom. The molecule has 0 radical (unpaired) electrons. The molecule has 1 aliphatic heterocycles. The normalized spacial score (nSPS) is 23.3. The van der Waals surface area contributed by atoms with Gasteiger partial charge in [0.15, 0.2) is 0 Å². The third-order valence-electron chi connectivity index (χ3n) is 3.38. The maximum absolute atomic E-state index is 12.5. The highest BCUT2D eigenvalue weighted by Crippen LogP contribution is 2.27. The molecule has 6 nitrogen and oxygen atoms in total. The van der Waals surface area contributed by atoms with Crippen molar-refractivity contribution in [3.63, 3.8) is 0 Å². The maximum atomic E-state index is 12.5. The van der Waals surface area contributed by atoms with Crippen LogP contribution in [0.5, 0.6) is 0 Å². The molecular weight excluding hydrogens is 314 g/mol. The smallest absolute Gasteiger partial charge is 0.324 e. The van der Waals surface area contributed by atoms with Gasteiger partial charge in [0, 0.05) is 19.6 Å². The molecule has 0 saturated carbocycles. The number of esters is 1. The van der Waals surface area contributed by atoms with Crippen LogP contribution >= 0.6 is 11.3 Å². The SMILES string of the molecule is CCO[C@@H]1C[C@@H](C(=O)OC)N(S(=O)(=O)Cc2ccsc2)C1. The lowest BCUT2D eigenvalue weighted by atomic mass is 10.2. The average molecular weight is 333 g/mol. The molecule has 0 aliphatic carbocycles. The van der Waals surface area contributed by atoms with E-state index in [1.54, 1.807) is 11.4 Å². The van der Waals surface area contributed by atoms with Crippen LogP contribution in [0.2, 0.25) is 0 Å². The van der Waals surface area contributed by atoms with Crippen molar-refractivity contribution in [1.82, 2.24) is 4.31 Å². The van der Waals surface area contributed by atoms with Gasteiger partial charge in [0.1, 0.15) is 6.04 Å². The summed E-state index contributed by atoms with van der Waals surface area (Å²) in [6.07, 6.45) is 0.0694. The predicted molar refractivity (Wildman–Crippen MR) is 79.5 cm³/mol. The van der Waals surface area contributed by atoms with Gasteiger partial charge < -0.3 is 9.47 Å². The quantitative estimate of drug-likeness (QED) is 0.732. The summed E-state index contributed by atoms with van der Waals surface area (Å²) in [6.45, 7) is 2.52. The minimum absolute atomic E-state index is 0.108. The second-order valence-electron chi connectivity index (χ2n) is 4.81. The highest BCUT2D eigenvalue weighted by molar-refractivity contribution is 7.88.